The van der Waals surface area contributed by atoms with Crippen LogP contribution >= 0.6 is 0 Å². The van der Waals surface area contributed by atoms with Crippen molar-refractivity contribution in [3.63, 3.8) is 0 Å². The van der Waals surface area contributed by atoms with E-state index in [2.05, 4.69) is 15.2 Å². The Kier molecular flexibility index (Phi) is 4.76. The maximum atomic E-state index is 13.2. The molecule has 0 fully saturated rings. The molecule has 5 rings (SSSR count). The molecule has 0 N–H and O–H groups in total. The number of fused-ring (bicyclic) bond motifs is 1. The lowest BCUT2D eigenvalue weighted by atomic mass is 10.1. The van der Waals surface area contributed by atoms with E-state index in [0.29, 0.717) is 37.2 Å². The van der Waals surface area contributed by atoms with Crippen molar-refractivity contribution >= 4 is 0 Å². The van der Waals surface area contributed by atoms with Gasteiger partial charge < -0.3 is 14.0 Å². The number of benzene rings is 2. The standard InChI is InChI=1S/C22H19FN4O3/c1-2-28-18-5-3-4-15(10-18)21-24-22(30-26-21)19-11-17-13-29-20(12-27(17)25-19)14-6-8-16(23)9-7-14/h3-11,20H,2,12-13H2,1H3. The van der Waals surface area contributed by atoms with Gasteiger partial charge >= 0.3 is 0 Å². The molecule has 0 radical (unpaired) electrons. The van der Waals surface area contributed by atoms with E-state index in [-0.39, 0.29) is 11.9 Å². The van der Waals surface area contributed by atoms with Crippen molar-refractivity contribution in [1.82, 2.24) is 19.9 Å². The second kappa shape index (κ2) is 7.72. The van der Waals surface area contributed by atoms with Crippen molar-refractivity contribution in [3.05, 3.63) is 71.7 Å². The monoisotopic (exact) mass is 406 g/mol. The van der Waals surface area contributed by atoms with E-state index in [9.17, 15) is 4.39 Å². The van der Waals surface area contributed by atoms with Gasteiger partial charge in [-0.15, -0.1) is 0 Å². The van der Waals surface area contributed by atoms with Crippen LogP contribution in [0, 0.1) is 5.82 Å². The van der Waals surface area contributed by atoms with Crippen molar-refractivity contribution in [2.24, 2.45) is 0 Å². The molecule has 0 spiro atoms. The Morgan fingerprint density at radius 3 is 2.87 bits per heavy atom. The average molecular weight is 406 g/mol. The normalized spacial score (nSPS) is 15.7. The first kappa shape index (κ1) is 18.5. The van der Waals surface area contributed by atoms with Crippen LogP contribution in [0.5, 0.6) is 5.75 Å². The Bertz CT molecular complexity index is 1170. The Morgan fingerprint density at radius 1 is 1.17 bits per heavy atom. The fraction of sp³-hybridized carbons (Fsp3) is 0.227. The molecule has 3 heterocycles. The summed E-state index contributed by atoms with van der Waals surface area (Å²) in [5.74, 6) is 1.29. The van der Waals surface area contributed by atoms with Gasteiger partial charge in [-0.3, -0.25) is 4.68 Å². The SMILES string of the molecule is CCOc1cccc(-c2noc(-c3cc4n(n3)CC(c3ccc(F)cc3)OC4)n2)c1. The molecule has 152 valence electrons. The van der Waals surface area contributed by atoms with E-state index in [4.69, 9.17) is 14.0 Å². The number of nitrogens with zero attached hydrogens (tertiary/aromatic N) is 4. The minimum absolute atomic E-state index is 0.189. The largest absolute Gasteiger partial charge is 0.494 e. The number of ether oxygens (including phenoxy) is 2. The van der Waals surface area contributed by atoms with Gasteiger partial charge in [-0.25, -0.2) is 4.39 Å². The molecule has 0 saturated carbocycles. The third kappa shape index (κ3) is 3.57. The van der Waals surface area contributed by atoms with Crippen molar-refractivity contribution < 1.29 is 18.4 Å². The highest BCUT2D eigenvalue weighted by Crippen LogP contribution is 2.30. The van der Waals surface area contributed by atoms with E-state index in [1.165, 1.54) is 12.1 Å². The molecular weight excluding hydrogens is 387 g/mol. The molecule has 8 heteroatoms. The first-order chi connectivity index (χ1) is 14.7. The second-order valence-electron chi connectivity index (χ2n) is 6.94. The van der Waals surface area contributed by atoms with E-state index in [1.54, 1.807) is 12.1 Å². The first-order valence-electron chi connectivity index (χ1n) is 9.70. The Morgan fingerprint density at radius 2 is 2.03 bits per heavy atom. The minimum Gasteiger partial charge on any atom is -0.494 e. The summed E-state index contributed by atoms with van der Waals surface area (Å²) < 4.78 is 32.0. The van der Waals surface area contributed by atoms with E-state index in [1.807, 2.05) is 41.9 Å². The second-order valence-corrected chi connectivity index (χ2v) is 6.94. The van der Waals surface area contributed by atoms with Crippen LogP contribution in [-0.4, -0.2) is 26.5 Å². The van der Waals surface area contributed by atoms with Crippen LogP contribution in [0.1, 0.15) is 24.3 Å². The number of hydrogen-bond donors (Lipinski definition) is 0. The molecule has 30 heavy (non-hydrogen) atoms. The molecule has 4 aromatic rings. The molecule has 2 aromatic carbocycles. The summed E-state index contributed by atoms with van der Waals surface area (Å²) in [4.78, 5) is 4.49. The van der Waals surface area contributed by atoms with Crippen LogP contribution < -0.4 is 4.74 Å². The Labute approximate surface area is 172 Å². The van der Waals surface area contributed by atoms with Gasteiger partial charge in [0.15, 0.2) is 5.69 Å². The molecule has 1 unspecified atom stereocenters. The number of aromatic nitrogens is 4. The summed E-state index contributed by atoms with van der Waals surface area (Å²) >= 11 is 0. The summed E-state index contributed by atoms with van der Waals surface area (Å²) in [5, 5.41) is 8.69. The molecule has 1 aliphatic heterocycles. The summed E-state index contributed by atoms with van der Waals surface area (Å²) in [5.41, 5.74) is 3.22. The third-order valence-electron chi connectivity index (χ3n) is 4.92. The summed E-state index contributed by atoms with van der Waals surface area (Å²) in [6.45, 7) is 3.44. The molecule has 7 nitrogen and oxygen atoms in total. The molecule has 0 bridgehead atoms. The zero-order valence-electron chi connectivity index (χ0n) is 16.3. The van der Waals surface area contributed by atoms with Gasteiger partial charge in [0.05, 0.1) is 25.5 Å². The highest BCUT2D eigenvalue weighted by molar-refractivity contribution is 5.59. The Hall–Kier alpha value is -3.52. The zero-order valence-corrected chi connectivity index (χ0v) is 16.3. The zero-order chi connectivity index (χ0) is 20.5. The van der Waals surface area contributed by atoms with Crippen LogP contribution in [0.15, 0.2) is 59.1 Å². The molecule has 0 amide bonds. The van der Waals surface area contributed by atoms with Crippen LogP contribution in [0.25, 0.3) is 23.0 Å². The lowest BCUT2D eigenvalue weighted by Crippen LogP contribution is -2.21. The summed E-state index contributed by atoms with van der Waals surface area (Å²) in [6, 6.07) is 15.8. The summed E-state index contributed by atoms with van der Waals surface area (Å²) in [7, 11) is 0. The van der Waals surface area contributed by atoms with Gasteiger partial charge in [0.1, 0.15) is 17.7 Å². The first-order valence-corrected chi connectivity index (χ1v) is 9.70. The van der Waals surface area contributed by atoms with Gasteiger partial charge in [-0.2, -0.15) is 10.1 Å². The topological polar surface area (TPSA) is 75.2 Å². The molecule has 0 saturated heterocycles. The highest BCUT2D eigenvalue weighted by Gasteiger charge is 2.24. The maximum Gasteiger partial charge on any atom is 0.278 e. The van der Waals surface area contributed by atoms with E-state index < -0.39 is 0 Å². The average Bonchev–Trinajstić information content (AvgIpc) is 3.41. The lowest BCUT2D eigenvalue weighted by Gasteiger charge is -2.24. The van der Waals surface area contributed by atoms with E-state index in [0.717, 1.165) is 22.6 Å². The number of halogens is 1. The van der Waals surface area contributed by atoms with Crippen LogP contribution in [0.3, 0.4) is 0 Å². The van der Waals surface area contributed by atoms with Gasteiger partial charge in [-0.05, 0) is 42.8 Å². The quantitative estimate of drug-likeness (QED) is 0.489. The summed E-state index contributed by atoms with van der Waals surface area (Å²) in [6.07, 6.45) is -0.189. The predicted molar refractivity (Wildman–Crippen MR) is 106 cm³/mol. The van der Waals surface area contributed by atoms with E-state index >= 15 is 0 Å². The Balaban J connectivity index is 1.37. The molecule has 1 atom stereocenters. The molecule has 2 aromatic heterocycles. The van der Waals surface area contributed by atoms with Crippen LogP contribution in [0.4, 0.5) is 4.39 Å². The maximum absolute atomic E-state index is 13.2. The highest BCUT2D eigenvalue weighted by atomic mass is 19.1. The van der Waals surface area contributed by atoms with Crippen LogP contribution in [-0.2, 0) is 17.9 Å². The molecular formula is C22H19FN4O3. The fourth-order valence-electron chi connectivity index (χ4n) is 3.45. The lowest BCUT2D eigenvalue weighted by molar-refractivity contribution is -0.00116. The van der Waals surface area contributed by atoms with Crippen molar-refractivity contribution in [2.45, 2.75) is 26.2 Å². The predicted octanol–water partition coefficient (Wildman–Crippen LogP) is 4.41. The van der Waals surface area contributed by atoms with Gasteiger partial charge in [0.25, 0.3) is 5.89 Å². The third-order valence-corrected chi connectivity index (χ3v) is 4.92. The molecule has 1 aliphatic rings. The van der Waals surface area contributed by atoms with Gasteiger partial charge in [0, 0.05) is 5.56 Å². The van der Waals surface area contributed by atoms with Crippen molar-refractivity contribution in [1.29, 1.82) is 0 Å². The van der Waals surface area contributed by atoms with Gasteiger partial charge in [0.2, 0.25) is 5.82 Å². The van der Waals surface area contributed by atoms with Gasteiger partial charge in [-0.1, -0.05) is 29.4 Å². The smallest absolute Gasteiger partial charge is 0.278 e. The number of rotatable bonds is 5. The minimum atomic E-state index is -0.268. The van der Waals surface area contributed by atoms with Crippen molar-refractivity contribution in [2.75, 3.05) is 6.61 Å². The van der Waals surface area contributed by atoms with Crippen molar-refractivity contribution in [3.8, 4) is 28.7 Å². The fourth-order valence-corrected chi connectivity index (χ4v) is 3.45. The molecule has 0 aliphatic carbocycles. The number of hydrogen-bond acceptors (Lipinski definition) is 6. The van der Waals surface area contributed by atoms with Crippen LogP contribution in [0.2, 0.25) is 0 Å².